The molecule has 0 aromatic heterocycles. The van der Waals surface area contributed by atoms with Gasteiger partial charge in [-0.05, 0) is 24.1 Å². The Morgan fingerprint density at radius 2 is 1.81 bits per heavy atom. The monoisotopic (exact) mass is 362 g/mol. The number of nitrogens with one attached hydrogen (secondary N) is 1. The van der Waals surface area contributed by atoms with E-state index in [-0.39, 0.29) is 18.9 Å². The fraction of sp³-hybridized carbons (Fsp3) is 0.263. The van der Waals surface area contributed by atoms with Gasteiger partial charge in [0.1, 0.15) is 0 Å². The predicted molar refractivity (Wildman–Crippen MR) is 89.8 cm³/mol. The normalized spacial score (nSPS) is 16.8. The van der Waals surface area contributed by atoms with Crippen molar-refractivity contribution in [2.24, 2.45) is 5.92 Å². The van der Waals surface area contributed by atoms with Crippen molar-refractivity contribution in [3.63, 3.8) is 0 Å². The smallest absolute Gasteiger partial charge is 0.229 e. The Morgan fingerprint density at radius 3 is 2.54 bits per heavy atom. The Labute approximate surface area is 148 Å². The van der Waals surface area contributed by atoms with Gasteiger partial charge in [0.05, 0.1) is 11.6 Å². The second kappa shape index (κ2) is 7.59. The van der Waals surface area contributed by atoms with Crippen LogP contribution in [0, 0.1) is 23.4 Å². The highest BCUT2D eigenvalue weighted by Gasteiger charge is 2.34. The average Bonchev–Trinajstić information content (AvgIpc) is 3.02. The minimum atomic E-state index is -1.64. The summed E-state index contributed by atoms with van der Waals surface area (Å²) in [4.78, 5) is 25.9. The first-order chi connectivity index (χ1) is 12.5. The summed E-state index contributed by atoms with van der Waals surface area (Å²) in [6, 6.07) is 11.3. The molecule has 3 rings (SSSR count). The molecule has 2 amide bonds. The Bertz CT molecular complexity index is 827. The molecule has 0 spiro atoms. The summed E-state index contributed by atoms with van der Waals surface area (Å²) < 4.78 is 39.9. The third-order valence-electron chi connectivity index (χ3n) is 4.39. The molecule has 0 aliphatic carbocycles. The standard InChI is InChI=1S/C19H17F3N2O2/c20-14-6-7-15(18(22)17(14)21)23-19(26)13-10-16(25)24(11-13)9-8-12-4-2-1-3-5-12/h1-7,13H,8-11H2,(H,23,26)/t13-/m1/s1. The molecule has 1 aliphatic rings. The Morgan fingerprint density at radius 1 is 1.08 bits per heavy atom. The molecule has 0 unspecified atom stereocenters. The van der Waals surface area contributed by atoms with E-state index in [4.69, 9.17) is 0 Å². The lowest BCUT2D eigenvalue weighted by molar-refractivity contribution is -0.128. The van der Waals surface area contributed by atoms with Crippen molar-refractivity contribution in [1.29, 1.82) is 0 Å². The van der Waals surface area contributed by atoms with Gasteiger partial charge in [-0.2, -0.15) is 0 Å². The number of anilines is 1. The molecule has 0 radical (unpaired) electrons. The third-order valence-corrected chi connectivity index (χ3v) is 4.39. The van der Waals surface area contributed by atoms with Gasteiger partial charge in [-0.3, -0.25) is 9.59 Å². The molecular weight excluding hydrogens is 345 g/mol. The summed E-state index contributed by atoms with van der Waals surface area (Å²) in [5, 5.41) is 2.24. The molecule has 0 bridgehead atoms. The fourth-order valence-corrected chi connectivity index (χ4v) is 2.93. The zero-order valence-electron chi connectivity index (χ0n) is 13.8. The van der Waals surface area contributed by atoms with Crippen molar-refractivity contribution in [2.45, 2.75) is 12.8 Å². The number of halogens is 3. The lowest BCUT2D eigenvalue weighted by atomic mass is 10.1. The summed E-state index contributed by atoms with van der Waals surface area (Å²) in [6.07, 6.45) is 0.671. The van der Waals surface area contributed by atoms with Crippen LogP contribution in [-0.2, 0) is 16.0 Å². The Kier molecular flexibility index (Phi) is 5.25. The molecule has 26 heavy (non-hydrogen) atoms. The van der Waals surface area contributed by atoms with Gasteiger partial charge in [-0.1, -0.05) is 30.3 Å². The van der Waals surface area contributed by atoms with Gasteiger partial charge in [0.15, 0.2) is 17.5 Å². The van der Waals surface area contributed by atoms with E-state index in [1.54, 1.807) is 4.90 Å². The van der Waals surface area contributed by atoms with E-state index >= 15 is 0 Å². The number of hydrogen-bond donors (Lipinski definition) is 1. The third kappa shape index (κ3) is 3.87. The van der Waals surface area contributed by atoms with Crippen LogP contribution in [0.1, 0.15) is 12.0 Å². The number of rotatable bonds is 5. The zero-order chi connectivity index (χ0) is 18.7. The minimum Gasteiger partial charge on any atom is -0.342 e. The van der Waals surface area contributed by atoms with E-state index in [1.807, 2.05) is 30.3 Å². The molecule has 136 valence electrons. The van der Waals surface area contributed by atoms with Gasteiger partial charge in [0, 0.05) is 19.5 Å². The number of hydrogen-bond acceptors (Lipinski definition) is 2. The molecular formula is C19H17F3N2O2. The summed E-state index contributed by atoms with van der Waals surface area (Å²) in [5.74, 6) is -5.84. The predicted octanol–water partition coefficient (Wildman–Crippen LogP) is 3.13. The van der Waals surface area contributed by atoms with E-state index < -0.39 is 35.0 Å². The summed E-state index contributed by atoms with van der Waals surface area (Å²) in [5.41, 5.74) is 0.640. The summed E-state index contributed by atoms with van der Waals surface area (Å²) in [6.45, 7) is 0.689. The van der Waals surface area contributed by atoms with Gasteiger partial charge >= 0.3 is 0 Å². The Balaban J connectivity index is 1.59. The van der Waals surface area contributed by atoms with Crippen LogP contribution in [0.25, 0.3) is 0 Å². The van der Waals surface area contributed by atoms with Crippen molar-refractivity contribution >= 4 is 17.5 Å². The molecule has 1 atom stereocenters. The molecule has 1 saturated heterocycles. The molecule has 1 aliphatic heterocycles. The van der Waals surface area contributed by atoms with Crippen molar-refractivity contribution in [3.8, 4) is 0 Å². The topological polar surface area (TPSA) is 49.4 Å². The molecule has 1 heterocycles. The molecule has 1 fully saturated rings. The second-order valence-corrected chi connectivity index (χ2v) is 6.19. The Hall–Kier alpha value is -2.83. The zero-order valence-corrected chi connectivity index (χ0v) is 13.8. The molecule has 4 nitrogen and oxygen atoms in total. The van der Waals surface area contributed by atoms with Gasteiger partial charge in [0.25, 0.3) is 0 Å². The number of amides is 2. The molecule has 0 saturated carbocycles. The van der Waals surface area contributed by atoms with E-state index in [2.05, 4.69) is 5.32 Å². The van der Waals surface area contributed by atoms with Gasteiger partial charge in [-0.25, -0.2) is 13.2 Å². The average molecular weight is 362 g/mol. The van der Waals surface area contributed by atoms with Crippen LogP contribution in [-0.4, -0.2) is 29.8 Å². The van der Waals surface area contributed by atoms with Crippen LogP contribution >= 0.6 is 0 Å². The number of likely N-dealkylation sites (tertiary alicyclic amines) is 1. The molecule has 2 aromatic carbocycles. The molecule has 1 N–H and O–H groups in total. The van der Waals surface area contributed by atoms with Gasteiger partial charge in [-0.15, -0.1) is 0 Å². The lowest BCUT2D eigenvalue weighted by Crippen LogP contribution is -2.30. The van der Waals surface area contributed by atoms with Gasteiger partial charge in [0.2, 0.25) is 11.8 Å². The first kappa shape index (κ1) is 18.0. The molecule has 7 heteroatoms. The maximum absolute atomic E-state index is 13.7. The summed E-state index contributed by atoms with van der Waals surface area (Å²) in [7, 11) is 0. The number of benzene rings is 2. The fourth-order valence-electron chi connectivity index (χ4n) is 2.93. The number of carbonyl (C=O) groups excluding carboxylic acids is 2. The highest BCUT2D eigenvalue weighted by Crippen LogP contribution is 2.23. The van der Waals surface area contributed by atoms with Gasteiger partial charge < -0.3 is 10.2 Å². The maximum Gasteiger partial charge on any atom is 0.229 e. The quantitative estimate of drug-likeness (QED) is 0.831. The van der Waals surface area contributed by atoms with Crippen LogP contribution in [0.3, 0.4) is 0 Å². The maximum atomic E-state index is 13.7. The van der Waals surface area contributed by atoms with Crippen molar-refractivity contribution in [2.75, 3.05) is 18.4 Å². The van der Waals surface area contributed by atoms with Crippen molar-refractivity contribution < 1.29 is 22.8 Å². The van der Waals surface area contributed by atoms with Crippen molar-refractivity contribution in [3.05, 3.63) is 65.5 Å². The second-order valence-electron chi connectivity index (χ2n) is 6.19. The largest absolute Gasteiger partial charge is 0.342 e. The number of carbonyl (C=O) groups is 2. The minimum absolute atomic E-state index is 0.00587. The van der Waals surface area contributed by atoms with Crippen molar-refractivity contribution in [1.82, 2.24) is 4.90 Å². The van der Waals surface area contributed by atoms with E-state index in [1.165, 1.54) is 0 Å². The number of nitrogens with zero attached hydrogens (tertiary/aromatic N) is 1. The lowest BCUT2D eigenvalue weighted by Gasteiger charge is -2.16. The molecule has 2 aromatic rings. The van der Waals surface area contributed by atoms with E-state index in [0.717, 1.165) is 17.7 Å². The van der Waals surface area contributed by atoms with E-state index in [0.29, 0.717) is 13.0 Å². The van der Waals surface area contributed by atoms with E-state index in [9.17, 15) is 22.8 Å². The van der Waals surface area contributed by atoms with Crippen LogP contribution in [0.5, 0.6) is 0 Å². The SMILES string of the molecule is O=C(Nc1ccc(F)c(F)c1F)[C@@H]1CC(=O)N(CCc2ccccc2)C1. The first-order valence-corrected chi connectivity index (χ1v) is 8.21. The van der Waals surface area contributed by atoms with Crippen LogP contribution in [0.15, 0.2) is 42.5 Å². The van der Waals surface area contributed by atoms with Crippen LogP contribution in [0.4, 0.5) is 18.9 Å². The summed E-state index contributed by atoms with van der Waals surface area (Å²) >= 11 is 0. The first-order valence-electron chi connectivity index (χ1n) is 8.21. The highest BCUT2D eigenvalue weighted by molar-refractivity contribution is 5.97. The van der Waals surface area contributed by atoms with Crippen LogP contribution in [0.2, 0.25) is 0 Å². The highest BCUT2D eigenvalue weighted by atomic mass is 19.2. The van der Waals surface area contributed by atoms with Crippen LogP contribution < -0.4 is 5.32 Å².